The Bertz CT molecular complexity index is 847. The van der Waals surface area contributed by atoms with E-state index in [0.717, 1.165) is 51.4 Å². The first-order valence-corrected chi connectivity index (χ1v) is 23.3. The van der Waals surface area contributed by atoms with Crippen molar-refractivity contribution in [2.45, 2.75) is 251 Å². The minimum Gasteiger partial charge on any atom is -0.394 e. The number of carbonyl (C=O) groups is 1. The van der Waals surface area contributed by atoms with Crippen LogP contribution in [0.1, 0.15) is 239 Å². The predicted molar refractivity (Wildman–Crippen MR) is 235 cm³/mol. The SMILES string of the molecule is CC/C=C\C/C=C\C/C=C\C/C=C\CCCCCCCCCCCCCCCCCCCCCCCCC(=O)NC(CO)C(O)CCCCCCCC. The Kier molecular flexibility index (Phi) is 43.4. The standard InChI is InChI=1S/C49H91NO3/c1-3-5-7-9-11-12-13-14-15-16-17-18-19-20-21-22-23-24-25-26-27-28-29-30-31-32-33-34-35-36-37-38-39-41-43-45-49(53)50-47(46-51)48(52)44-42-40-10-8-6-4-2/h5,7,11-12,14-15,17-18,47-48,51-52H,3-4,6,8-10,13,16,19-46H2,1-2H3,(H,50,53)/b7-5-,12-11-,15-14-,18-17-. The third kappa shape index (κ3) is 41.4. The van der Waals surface area contributed by atoms with Crippen LogP contribution in [0.25, 0.3) is 0 Å². The third-order valence-electron chi connectivity index (χ3n) is 10.6. The van der Waals surface area contributed by atoms with E-state index in [0.29, 0.717) is 12.8 Å². The molecule has 0 radical (unpaired) electrons. The molecule has 4 nitrogen and oxygen atoms in total. The summed E-state index contributed by atoms with van der Waals surface area (Å²) in [6.45, 7) is 4.19. The zero-order valence-corrected chi connectivity index (χ0v) is 35.5. The average molecular weight is 742 g/mol. The maximum atomic E-state index is 12.3. The smallest absolute Gasteiger partial charge is 0.220 e. The molecule has 0 aromatic rings. The van der Waals surface area contributed by atoms with Crippen LogP contribution in [-0.4, -0.2) is 34.9 Å². The Morgan fingerprint density at radius 2 is 0.830 bits per heavy atom. The molecule has 0 bridgehead atoms. The van der Waals surface area contributed by atoms with E-state index in [1.807, 2.05) is 0 Å². The molecule has 0 aliphatic carbocycles. The van der Waals surface area contributed by atoms with Crippen molar-refractivity contribution >= 4 is 5.91 Å². The molecule has 0 aliphatic heterocycles. The second kappa shape index (κ2) is 44.7. The van der Waals surface area contributed by atoms with Crippen LogP contribution in [0.2, 0.25) is 0 Å². The topological polar surface area (TPSA) is 69.6 Å². The first-order valence-electron chi connectivity index (χ1n) is 23.3. The number of rotatable bonds is 42. The highest BCUT2D eigenvalue weighted by molar-refractivity contribution is 5.76. The van der Waals surface area contributed by atoms with Gasteiger partial charge in [-0.3, -0.25) is 4.79 Å². The molecular formula is C49H91NO3. The highest BCUT2D eigenvalue weighted by Crippen LogP contribution is 2.16. The first kappa shape index (κ1) is 51.4. The van der Waals surface area contributed by atoms with E-state index >= 15 is 0 Å². The predicted octanol–water partition coefficient (Wildman–Crippen LogP) is 14.7. The van der Waals surface area contributed by atoms with Gasteiger partial charge < -0.3 is 15.5 Å². The minimum absolute atomic E-state index is 0.0348. The van der Waals surface area contributed by atoms with Crippen LogP contribution in [0.15, 0.2) is 48.6 Å². The van der Waals surface area contributed by atoms with Gasteiger partial charge in [0.05, 0.1) is 18.8 Å². The van der Waals surface area contributed by atoms with Crippen molar-refractivity contribution in [3.8, 4) is 0 Å². The molecule has 1 amide bonds. The summed E-state index contributed by atoms with van der Waals surface area (Å²) in [5.74, 6) is -0.0348. The number of allylic oxidation sites excluding steroid dienone is 8. The van der Waals surface area contributed by atoms with Crippen LogP contribution in [0.3, 0.4) is 0 Å². The lowest BCUT2D eigenvalue weighted by molar-refractivity contribution is -0.123. The Morgan fingerprint density at radius 1 is 0.472 bits per heavy atom. The van der Waals surface area contributed by atoms with Crippen molar-refractivity contribution in [3.63, 3.8) is 0 Å². The molecule has 0 heterocycles. The van der Waals surface area contributed by atoms with Crippen molar-refractivity contribution in [2.75, 3.05) is 6.61 Å². The lowest BCUT2D eigenvalue weighted by atomic mass is 10.0. The normalized spacial score (nSPS) is 13.4. The highest BCUT2D eigenvalue weighted by Gasteiger charge is 2.19. The van der Waals surface area contributed by atoms with Gasteiger partial charge in [-0.15, -0.1) is 0 Å². The number of carbonyl (C=O) groups excluding carboxylic acids is 1. The number of aliphatic hydroxyl groups excluding tert-OH is 2. The van der Waals surface area contributed by atoms with Gasteiger partial charge in [-0.2, -0.15) is 0 Å². The number of unbranched alkanes of at least 4 members (excludes halogenated alkanes) is 27. The van der Waals surface area contributed by atoms with E-state index in [9.17, 15) is 15.0 Å². The maximum absolute atomic E-state index is 12.3. The largest absolute Gasteiger partial charge is 0.394 e. The van der Waals surface area contributed by atoms with E-state index < -0.39 is 12.1 Å². The fourth-order valence-corrected chi connectivity index (χ4v) is 7.06. The van der Waals surface area contributed by atoms with Gasteiger partial charge >= 0.3 is 0 Å². The van der Waals surface area contributed by atoms with Gasteiger partial charge in [-0.25, -0.2) is 0 Å². The molecule has 0 spiro atoms. The first-order chi connectivity index (χ1) is 26.2. The fourth-order valence-electron chi connectivity index (χ4n) is 7.06. The summed E-state index contributed by atoms with van der Waals surface area (Å²) in [6.07, 6.45) is 61.0. The Hall–Kier alpha value is -1.65. The molecule has 2 unspecified atom stereocenters. The third-order valence-corrected chi connectivity index (χ3v) is 10.6. The van der Waals surface area contributed by atoms with Crippen LogP contribution >= 0.6 is 0 Å². The molecule has 0 saturated carbocycles. The number of nitrogens with one attached hydrogen (secondary N) is 1. The summed E-state index contributed by atoms with van der Waals surface area (Å²) in [4.78, 5) is 12.3. The highest BCUT2D eigenvalue weighted by atomic mass is 16.3. The van der Waals surface area contributed by atoms with E-state index in [1.54, 1.807) is 0 Å². The second-order valence-corrected chi connectivity index (χ2v) is 15.8. The quantitative estimate of drug-likeness (QED) is 0.0431. The van der Waals surface area contributed by atoms with Crippen molar-refractivity contribution in [1.82, 2.24) is 5.32 Å². The van der Waals surface area contributed by atoms with Crippen LogP contribution in [0, 0.1) is 0 Å². The molecule has 4 heteroatoms. The van der Waals surface area contributed by atoms with Gasteiger partial charge in [0.25, 0.3) is 0 Å². The lowest BCUT2D eigenvalue weighted by Gasteiger charge is -2.22. The van der Waals surface area contributed by atoms with E-state index in [-0.39, 0.29) is 12.5 Å². The van der Waals surface area contributed by atoms with Crippen LogP contribution in [0.4, 0.5) is 0 Å². The molecule has 0 rings (SSSR count). The molecule has 53 heavy (non-hydrogen) atoms. The van der Waals surface area contributed by atoms with Crippen molar-refractivity contribution in [1.29, 1.82) is 0 Å². The van der Waals surface area contributed by atoms with Gasteiger partial charge in [0, 0.05) is 6.42 Å². The number of hydrogen-bond donors (Lipinski definition) is 3. The Balaban J connectivity index is 3.35. The van der Waals surface area contributed by atoms with Crippen molar-refractivity contribution in [3.05, 3.63) is 48.6 Å². The Labute approximate surface area is 331 Å². The molecule has 0 aromatic carbocycles. The summed E-state index contributed by atoms with van der Waals surface area (Å²) < 4.78 is 0. The molecule has 0 aliphatic rings. The number of hydrogen-bond acceptors (Lipinski definition) is 3. The van der Waals surface area contributed by atoms with E-state index in [2.05, 4.69) is 67.8 Å². The van der Waals surface area contributed by atoms with Gasteiger partial charge in [0.15, 0.2) is 0 Å². The van der Waals surface area contributed by atoms with E-state index in [1.165, 1.54) is 161 Å². The van der Waals surface area contributed by atoms with Gasteiger partial charge in [-0.05, 0) is 51.4 Å². The van der Waals surface area contributed by atoms with Gasteiger partial charge in [-0.1, -0.05) is 229 Å². The second-order valence-electron chi connectivity index (χ2n) is 15.8. The number of aliphatic hydroxyl groups is 2. The summed E-state index contributed by atoms with van der Waals surface area (Å²) in [5.41, 5.74) is 0. The summed E-state index contributed by atoms with van der Waals surface area (Å²) in [7, 11) is 0. The molecule has 3 N–H and O–H groups in total. The molecule has 310 valence electrons. The molecule has 2 atom stereocenters. The minimum atomic E-state index is -0.654. The van der Waals surface area contributed by atoms with Crippen LogP contribution in [0.5, 0.6) is 0 Å². The van der Waals surface area contributed by atoms with E-state index in [4.69, 9.17) is 0 Å². The van der Waals surface area contributed by atoms with Crippen LogP contribution < -0.4 is 5.32 Å². The van der Waals surface area contributed by atoms with Gasteiger partial charge in [0.1, 0.15) is 0 Å². The Morgan fingerprint density at radius 3 is 1.25 bits per heavy atom. The van der Waals surface area contributed by atoms with Crippen LogP contribution in [-0.2, 0) is 4.79 Å². The zero-order valence-electron chi connectivity index (χ0n) is 35.5. The molecule has 0 saturated heterocycles. The zero-order chi connectivity index (χ0) is 38.6. The summed E-state index contributed by atoms with van der Waals surface area (Å²) in [5, 5.41) is 22.9. The summed E-state index contributed by atoms with van der Waals surface area (Å²) >= 11 is 0. The summed E-state index contributed by atoms with van der Waals surface area (Å²) in [6, 6.07) is -0.530. The average Bonchev–Trinajstić information content (AvgIpc) is 3.16. The fraction of sp³-hybridized carbons (Fsp3) is 0.816. The molecule has 0 aromatic heterocycles. The van der Waals surface area contributed by atoms with Crippen molar-refractivity contribution < 1.29 is 15.0 Å². The monoisotopic (exact) mass is 742 g/mol. The molecular weight excluding hydrogens is 651 g/mol. The van der Waals surface area contributed by atoms with Crippen molar-refractivity contribution in [2.24, 2.45) is 0 Å². The lowest BCUT2D eigenvalue weighted by Crippen LogP contribution is -2.45. The maximum Gasteiger partial charge on any atom is 0.220 e. The molecule has 0 fully saturated rings. The van der Waals surface area contributed by atoms with Gasteiger partial charge in [0.2, 0.25) is 5.91 Å². The number of amides is 1.